The molecule has 2 nitrogen and oxygen atoms in total. The second-order valence-corrected chi connectivity index (χ2v) is 5.37. The summed E-state index contributed by atoms with van der Waals surface area (Å²) in [7, 11) is 0. The molecule has 2 unspecified atom stereocenters. The molecule has 0 heterocycles. The molecule has 2 aliphatic rings. The van der Waals surface area contributed by atoms with E-state index < -0.39 is 0 Å². The Bertz CT molecular complexity index is 228. The standard InChI is InChI=1S/C12H20ClNO/c13-7-10-2-1-3-11(10)8-14-12(15)6-9-4-5-9/h9-11H,1-8H2,(H,14,15). The minimum atomic E-state index is 0.248. The second kappa shape index (κ2) is 5.20. The summed E-state index contributed by atoms with van der Waals surface area (Å²) in [6.45, 7) is 0.850. The van der Waals surface area contributed by atoms with Crippen LogP contribution in [0.1, 0.15) is 38.5 Å². The molecule has 2 saturated carbocycles. The van der Waals surface area contributed by atoms with Gasteiger partial charge in [0.15, 0.2) is 0 Å². The molecular weight excluding hydrogens is 210 g/mol. The van der Waals surface area contributed by atoms with E-state index in [-0.39, 0.29) is 5.91 Å². The first-order valence-corrected chi connectivity index (χ1v) is 6.65. The third kappa shape index (κ3) is 3.37. The molecule has 1 amide bonds. The average molecular weight is 230 g/mol. The fourth-order valence-electron chi connectivity index (χ4n) is 2.49. The molecule has 3 heteroatoms. The largest absolute Gasteiger partial charge is 0.356 e. The summed E-state index contributed by atoms with van der Waals surface area (Å²) in [5.74, 6) is 2.96. The molecule has 0 radical (unpaired) electrons. The lowest BCUT2D eigenvalue weighted by atomic mass is 9.98. The van der Waals surface area contributed by atoms with E-state index >= 15 is 0 Å². The zero-order valence-corrected chi connectivity index (χ0v) is 9.93. The minimum absolute atomic E-state index is 0.248. The molecule has 0 saturated heterocycles. The number of amides is 1. The predicted molar refractivity (Wildman–Crippen MR) is 61.9 cm³/mol. The quantitative estimate of drug-likeness (QED) is 0.722. The minimum Gasteiger partial charge on any atom is -0.356 e. The highest BCUT2D eigenvalue weighted by Crippen LogP contribution is 2.33. The van der Waals surface area contributed by atoms with Crippen molar-refractivity contribution in [2.24, 2.45) is 17.8 Å². The van der Waals surface area contributed by atoms with Crippen LogP contribution in [0.15, 0.2) is 0 Å². The molecule has 1 N–H and O–H groups in total. The van der Waals surface area contributed by atoms with Crippen molar-refractivity contribution in [1.82, 2.24) is 5.32 Å². The van der Waals surface area contributed by atoms with E-state index in [0.29, 0.717) is 17.8 Å². The molecule has 0 spiro atoms. The monoisotopic (exact) mass is 229 g/mol. The van der Waals surface area contributed by atoms with Crippen molar-refractivity contribution in [3.63, 3.8) is 0 Å². The lowest BCUT2D eigenvalue weighted by Gasteiger charge is -2.17. The van der Waals surface area contributed by atoms with Crippen LogP contribution in [0.25, 0.3) is 0 Å². The fraction of sp³-hybridized carbons (Fsp3) is 0.917. The van der Waals surface area contributed by atoms with Crippen molar-refractivity contribution in [3.8, 4) is 0 Å². The lowest BCUT2D eigenvalue weighted by molar-refractivity contribution is -0.121. The summed E-state index contributed by atoms with van der Waals surface area (Å²) in [5, 5.41) is 3.06. The molecule has 0 aromatic rings. The van der Waals surface area contributed by atoms with E-state index in [0.717, 1.165) is 18.8 Å². The van der Waals surface area contributed by atoms with Gasteiger partial charge in [-0.3, -0.25) is 4.79 Å². The van der Waals surface area contributed by atoms with Crippen LogP contribution in [0.2, 0.25) is 0 Å². The Hall–Kier alpha value is -0.240. The second-order valence-electron chi connectivity index (χ2n) is 5.06. The summed E-state index contributed by atoms with van der Waals surface area (Å²) in [4.78, 5) is 11.5. The molecule has 0 aliphatic heterocycles. The summed E-state index contributed by atoms with van der Waals surface area (Å²) >= 11 is 5.90. The number of nitrogens with one attached hydrogen (secondary N) is 1. The van der Waals surface area contributed by atoms with Crippen LogP contribution in [0.4, 0.5) is 0 Å². The van der Waals surface area contributed by atoms with Gasteiger partial charge in [0.25, 0.3) is 0 Å². The fourth-order valence-corrected chi connectivity index (χ4v) is 2.89. The number of hydrogen-bond acceptors (Lipinski definition) is 1. The van der Waals surface area contributed by atoms with Crippen LogP contribution in [-0.4, -0.2) is 18.3 Å². The third-order valence-electron chi connectivity index (χ3n) is 3.75. The van der Waals surface area contributed by atoms with Gasteiger partial charge in [0.1, 0.15) is 0 Å². The normalized spacial score (nSPS) is 30.5. The predicted octanol–water partition coefficient (Wildman–Crippen LogP) is 2.56. The molecule has 2 aliphatic carbocycles. The van der Waals surface area contributed by atoms with Gasteiger partial charge in [-0.15, -0.1) is 11.6 Å². The van der Waals surface area contributed by atoms with Crippen molar-refractivity contribution in [1.29, 1.82) is 0 Å². The molecule has 0 aromatic carbocycles. The Morgan fingerprint density at radius 2 is 1.93 bits per heavy atom. The van der Waals surface area contributed by atoms with Crippen molar-refractivity contribution in [2.75, 3.05) is 12.4 Å². The Balaban J connectivity index is 1.65. The third-order valence-corrected chi connectivity index (χ3v) is 4.14. The van der Waals surface area contributed by atoms with Gasteiger partial charge in [-0.25, -0.2) is 0 Å². The van der Waals surface area contributed by atoms with Gasteiger partial charge in [-0.2, -0.15) is 0 Å². The van der Waals surface area contributed by atoms with Crippen LogP contribution in [0, 0.1) is 17.8 Å². The zero-order chi connectivity index (χ0) is 10.7. The van der Waals surface area contributed by atoms with Gasteiger partial charge in [0.05, 0.1) is 0 Å². The zero-order valence-electron chi connectivity index (χ0n) is 9.18. The molecule has 2 rings (SSSR count). The first kappa shape index (κ1) is 11.3. The molecule has 0 bridgehead atoms. The maximum Gasteiger partial charge on any atom is 0.220 e. The van der Waals surface area contributed by atoms with Crippen molar-refractivity contribution in [2.45, 2.75) is 38.5 Å². The Morgan fingerprint density at radius 1 is 1.20 bits per heavy atom. The Morgan fingerprint density at radius 3 is 2.60 bits per heavy atom. The van der Waals surface area contributed by atoms with Crippen LogP contribution in [-0.2, 0) is 4.79 Å². The number of hydrogen-bond donors (Lipinski definition) is 1. The summed E-state index contributed by atoms with van der Waals surface area (Å²) < 4.78 is 0. The molecule has 2 atom stereocenters. The number of carbonyl (C=O) groups excluding carboxylic acids is 1. The molecule has 15 heavy (non-hydrogen) atoms. The summed E-state index contributed by atoms with van der Waals surface area (Å²) in [5.41, 5.74) is 0. The van der Waals surface area contributed by atoms with Gasteiger partial charge < -0.3 is 5.32 Å². The Kier molecular flexibility index (Phi) is 3.90. The van der Waals surface area contributed by atoms with Crippen LogP contribution in [0.3, 0.4) is 0 Å². The maximum absolute atomic E-state index is 11.5. The smallest absolute Gasteiger partial charge is 0.220 e. The van der Waals surface area contributed by atoms with Crippen molar-refractivity contribution in [3.05, 3.63) is 0 Å². The first-order chi connectivity index (χ1) is 7.29. The maximum atomic E-state index is 11.5. The molecule has 0 aromatic heterocycles. The summed E-state index contributed by atoms with van der Waals surface area (Å²) in [6, 6.07) is 0. The number of carbonyl (C=O) groups is 1. The van der Waals surface area contributed by atoms with E-state index in [1.165, 1.54) is 32.1 Å². The van der Waals surface area contributed by atoms with E-state index in [2.05, 4.69) is 5.32 Å². The van der Waals surface area contributed by atoms with Crippen molar-refractivity contribution >= 4 is 17.5 Å². The Labute approximate surface area is 96.8 Å². The van der Waals surface area contributed by atoms with Gasteiger partial charge in [-0.05, 0) is 43.4 Å². The first-order valence-electron chi connectivity index (χ1n) is 6.12. The van der Waals surface area contributed by atoms with Crippen LogP contribution >= 0.6 is 11.6 Å². The van der Waals surface area contributed by atoms with E-state index in [4.69, 9.17) is 11.6 Å². The number of rotatable bonds is 5. The van der Waals surface area contributed by atoms with E-state index in [1.807, 2.05) is 0 Å². The molecule has 86 valence electrons. The highest BCUT2D eigenvalue weighted by atomic mass is 35.5. The highest BCUT2D eigenvalue weighted by Gasteiger charge is 2.28. The number of alkyl halides is 1. The van der Waals surface area contributed by atoms with E-state index in [9.17, 15) is 4.79 Å². The molecule has 2 fully saturated rings. The summed E-state index contributed by atoms with van der Waals surface area (Å²) in [6.07, 6.45) is 7.01. The van der Waals surface area contributed by atoms with Crippen LogP contribution < -0.4 is 5.32 Å². The highest BCUT2D eigenvalue weighted by molar-refractivity contribution is 6.18. The van der Waals surface area contributed by atoms with Crippen molar-refractivity contribution < 1.29 is 4.79 Å². The topological polar surface area (TPSA) is 29.1 Å². The van der Waals surface area contributed by atoms with Gasteiger partial charge in [0, 0.05) is 18.8 Å². The van der Waals surface area contributed by atoms with Crippen LogP contribution in [0.5, 0.6) is 0 Å². The van der Waals surface area contributed by atoms with Gasteiger partial charge in [0.2, 0.25) is 5.91 Å². The average Bonchev–Trinajstić information content (AvgIpc) is 2.92. The van der Waals surface area contributed by atoms with Gasteiger partial charge in [-0.1, -0.05) is 6.42 Å². The lowest BCUT2D eigenvalue weighted by Crippen LogP contribution is -2.31. The van der Waals surface area contributed by atoms with E-state index in [1.54, 1.807) is 0 Å². The number of halogens is 1. The SMILES string of the molecule is O=C(CC1CC1)NCC1CCCC1CCl. The molecular formula is C12H20ClNO. The van der Waals surface area contributed by atoms with Gasteiger partial charge >= 0.3 is 0 Å².